The van der Waals surface area contributed by atoms with Gasteiger partial charge in [-0.2, -0.15) is 0 Å². The van der Waals surface area contributed by atoms with E-state index >= 15 is 0 Å². The summed E-state index contributed by atoms with van der Waals surface area (Å²) in [5.74, 6) is -1.66. The molecule has 0 unspecified atom stereocenters. The smallest absolute Gasteiger partial charge is 0.159 e. The first kappa shape index (κ1) is 13.0. The van der Waals surface area contributed by atoms with Gasteiger partial charge in [-0.1, -0.05) is 25.7 Å². The first-order chi connectivity index (χ1) is 7.28. The molecular formula is C12H16F2OSi. The van der Waals surface area contributed by atoms with Gasteiger partial charge < -0.3 is 0 Å². The Morgan fingerprint density at radius 3 is 2.31 bits per heavy atom. The minimum absolute atomic E-state index is 0.102. The highest BCUT2D eigenvalue weighted by Gasteiger charge is 2.18. The van der Waals surface area contributed by atoms with Crippen molar-refractivity contribution >= 4 is 13.9 Å². The van der Waals surface area contributed by atoms with Crippen LogP contribution >= 0.6 is 0 Å². The van der Waals surface area contributed by atoms with Crippen molar-refractivity contribution in [2.24, 2.45) is 0 Å². The molecule has 0 bridgehead atoms. The highest BCUT2D eigenvalue weighted by Crippen LogP contribution is 2.13. The summed E-state index contributed by atoms with van der Waals surface area (Å²) in [6, 6.07) is 4.19. The molecule has 0 aliphatic rings. The molecule has 1 nitrogen and oxygen atoms in total. The van der Waals surface area contributed by atoms with Crippen molar-refractivity contribution < 1.29 is 13.6 Å². The quantitative estimate of drug-likeness (QED) is 0.739. The van der Waals surface area contributed by atoms with Gasteiger partial charge in [-0.25, -0.2) is 8.78 Å². The molecule has 1 aromatic carbocycles. The van der Waals surface area contributed by atoms with Crippen molar-refractivity contribution in [3.05, 3.63) is 35.4 Å². The number of rotatable bonds is 4. The lowest BCUT2D eigenvalue weighted by Crippen LogP contribution is -2.24. The van der Waals surface area contributed by atoms with Crippen LogP contribution in [0, 0.1) is 11.6 Å². The normalized spacial score (nSPS) is 11.6. The first-order valence-corrected chi connectivity index (χ1v) is 8.94. The maximum Gasteiger partial charge on any atom is 0.159 e. The topological polar surface area (TPSA) is 17.1 Å². The molecule has 0 saturated carbocycles. The predicted octanol–water partition coefficient (Wildman–Crippen LogP) is 3.41. The number of halogens is 2. The summed E-state index contributed by atoms with van der Waals surface area (Å²) in [4.78, 5) is 11.6. The Labute approximate surface area is 95.5 Å². The van der Waals surface area contributed by atoms with Gasteiger partial charge in [0.2, 0.25) is 0 Å². The number of hydrogen-bond donors (Lipinski definition) is 0. The van der Waals surface area contributed by atoms with Crippen LogP contribution in [0.4, 0.5) is 8.78 Å². The monoisotopic (exact) mass is 242 g/mol. The Bertz CT molecular complexity index is 396. The zero-order valence-corrected chi connectivity index (χ0v) is 10.8. The van der Waals surface area contributed by atoms with Crippen molar-refractivity contribution in [3.8, 4) is 0 Å². The molecular weight excluding hydrogens is 226 g/mol. The van der Waals surface area contributed by atoms with Crippen molar-refractivity contribution in [2.45, 2.75) is 32.1 Å². The van der Waals surface area contributed by atoms with E-state index in [-0.39, 0.29) is 12.2 Å². The van der Waals surface area contributed by atoms with Crippen LogP contribution in [0.5, 0.6) is 0 Å². The van der Waals surface area contributed by atoms with Gasteiger partial charge in [0.1, 0.15) is 5.78 Å². The Morgan fingerprint density at radius 1 is 1.19 bits per heavy atom. The van der Waals surface area contributed by atoms with E-state index in [2.05, 4.69) is 19.6 Å². The van der Waals surface area contributed by atoms with Gasteiger partial charge in [0.05, 0.1) is 8.07 Å². The van der Waals surface area contributed by atoms with Gasteiger partial charge in [0.25, 0.3) is 0 Å². The molecule has 0 aliphatic heterocycles. The van der Waals surface area contributed by atoms with E-state index in [0.29, 0.717) is 11.6 Å². The second-order valence-corrected chi connectivity index (χ2v) is 10.7. The summed E-state index contributed by atoms with van der Waals surface area (Å²) >= 11 is 0. The summed E-state index contributed by atoms with van der Waals surface area (Å²) in [5.41, 5.74) is 0.544. The number of carbonyl (C=O) groups excluding carboxylic acids is 1. The van der Waals surface area contributed by atoms with Gasteiger partial charge in [0.15, 0.2) is 11.6 Å². The first-order valence-electron chi connectivity index (χ1n) is 5.23. The molecule has 1 rings (SSSR count). The van der Waals surface area contributed by atoms with E-state index in [1.54, 1.807) is 0 Å². The molecule has 0 spiro atoms. The maximum atomic E-state index is 12.9. The van der Waals surface area contributed by atoms with Crippen molar-refractivity contribution in [2.75, 3.05) is 0 Å². The summed E-state index contributed by atoms with van der Waals surface area (Å²) in [7, 11) is -1.42. The summed E-state index contributed by atoms with van der Waals surface area (Å²) in [6.07, 6.45) is 0.196. The molecule has 0 saturated heterocycles. The van der Waals surface area contributed by atoms with E-state index in [9.17, 15) is 13.6 Å². The molecule has 0 radical (unpaired) electrons. The minimum Gasteiger partial charge on any atom is -0.300 e. The maximum absolute atomic E-state index is 12.9. The number of benzene rings is 1. The molecule has 4 heteroatoms. The molecule has 0 atom stereocenters. The fourth-order valence-corrected chi connectivity index (χ4v) is 2.84. The lowest BCUT2D eigenvalue weighted by Gasteiger charge is -2.14. The zero-order chi connectivity index (χ0) is 12.3. The molecule has 0 heterocycles. The fraction of sp³-hybridized carbons (Fsp3) is 0.417. The van der Waals surface area contributed by atoms with E-state index in [1.165, 1.54) is 6.07 Å². The largest absolute Gasteiger partial charge is 0.300 e. The predicted molar refractivity (Wildman–Crippen MR) is 63.2 cm³/mol. The van der Waals surface area contributed by atoms with Crippen molar-refractivity contribution in [1.82, 2.24) is 0 Å². The molecule has 0 N–H and O–H groups in total. The van der Waals surface area contributed by atoms with Crippen molar-refractivity contribution in [1.29, 1.82) is 0 Å². The van der Waals surface area contributed by atoms with E-state index in [0.717, 1.165) is 12.1 Å². The van der Waals surface area contributed by atoms with E-state index < -0.39 is 19.7 Å². The van der Waals surface area contributed by atoms with Crippen LogP contribution in [0.2, 0.25) is 25.7 Å². The van der Waals surface area contributed by atoms with Crippen LogP contribution in [0.15, 0.2) is 18.2 Å². The van der Waals surface area contributed by atoms with Crippen molar-refractivity contribution in [3.63, 3.8) is 0 Å². The van der Waals surface area contributed by atoms with Crippen LogP contribution in [-0.2, 0) is 11.2 Å². The molecule has 0 amide bonds. The molecule has 0 aromatic heterocycles. The lowest BCUT2D eigenvalue weighted by molar-refractivity contribution is -0.116. The number of ketones is 1. The summed E-state index contributed by atoms with van der Waals surface area (Å²) in [6.45, 7) is 6.32. The van der Waals surface area contributed by atoms with Crippen LogP contribution < -0.4 is 0 Å². The van der Waals surface area contributed by atoms with Crippen LogP contribution in [-0.4, -0.2) is 13.9 Å². The zero-order valence-electron chi connectivity index (χ0n) is 9.81. The van der Waals surface area contributed by atoms with Gasteiger partial charge in [-0.15, -0.1) is 0 Å². The van der Waals surface area contributed by atoms with Gasteiger partial charge >= 0.3 is 0 Å². The SMILES string of the molecule is C[Si](C)(C)CC(=O)Cc1ccc(F)c(F)c1. The number of Topliss-reactive ketones (excluding diaryl/α,β-unsaturated/α-hetero) is 1. The Hall–Kier alpha value is -1.03. The number of hydrogen-bond acceptors (Lipinski definition) is 1. The molecule has 16 heavy (non-hydrogen) atoms. The van der Waals surface area contributed by atoms with Crippen LogP contribution in [0.1, 0.15) is 5.56 Å². The second-order valence-electron chi connectivity index (χ2n) is 5.20. The second kappa shape index (κ2) is 4.87. The highest BCUT2D eigenvalue weighted by atomic mass is 28.3. The fourth-order valence-electron chi connectivity index (χ4n) is 1.53. The Balaban J connectivity index is 2.67. The Morgan fingerprint density at radius 2 is 1.81 bits per heavy atom. The van der Waals surface area contributed by atoms with E-state index in [4.69, 9.17) is 0 Å². The highest BCUT2D eigenvalue weighted by molar-refractivity contribution is 6.78. The Kier molecular flexibility index (Phi) is 3.96. The van der Waals surface area contributed by atoms with Gasteiger partial charge in [-0.3, -0.25) is 4.79 Å². The third-order valence-corrected chi connectivity index (χ3v) is 3.57. The molecule has 0 fully saturated rings. The molecule has 1 aromatic rings. The van der Waals surface area contributed by atoms with E-state index in [1.807, 2.05) is 0 Å². The van der Waals surface area contributed by atoms with Gasteiger partial charge in [-0.05, 0) is 17.7 Å². The standard InChI is InChI=1S/C12H16F2OSi/c1-16(2,3)8-10(15)6-9-4-5-11(13)12(14)7-9/h4-5,7H,6,8H2,1-3H3. The number of carbonyl (C=O) groups is 1. The average Bonchev–Trinajstić information content (AvgIpc) is 2.08. The molecule has 0 aliphatic carbocycles. The average molecular weight is 242 g/mol. The summed E-state index contributed by atoms with van der Waals surface area (Å²) in [5, 5.41) is 0. The van der Waals surface area contributed by atoms with Crippen LogP contribution in [0.25, 0.3) is 0 Å². The van der Waals surface area contributed by atoms with Gasteiger partial charge in [0, 0.05) is 12.5 Å². The lowest BCUT2D eigenvalue weighted by atomic mass is 10.1. The summed E-state index contributed by atoms with van der Waals surface area (Å²) < 4.78 is 25.5. The molecule has 88 valence electrons. The minimum atomic E-state index is -1.42. The third kappa shape index (κ3) is 4.22. The van der Waals surface area contributed by atoms with Crippen LogP contribution in [0.3, 0.4) is 0 Å². The third-order valence-electron chi connectivity index (χ3n) is 2.11.